The topological polar surface area (TPSA) is 27.0 Å². The molecule has 1 aliphatic heterocycles. The SMILES string of the molecule is [CH2-]N1CCC[C@@H]1C#N. The van der Waals surface area contributed by atoms with Crippen LogP contribution >= 0.6 is 0 Å². The third-order valence-electron chi connectivity index (χ3n) is 1.51. The van der Waals surface area contributed by atoms with E-state index in [0.29, 0.717) is 0 Å². The van der Waals surface area contributed by atoms with Crippen LogP contribution in [-0.4, -0.2) is 17.5 Å². The molecule has 0 aromatic heterocycles. The first kappa shape index (κ1) is 5.58. The molecule has 0 aliphatic carbocycles. The first-order chi connectivity index (χ1) is 3.84. The molecule has 0 unspecified atom stereocenters. The fraction of sp³-hybridized carbons (Fsp3) is 0.667. The molecule has 2 heteroatoms. The molecule has 0 N–H and O–H groups in total. The van der Waals surface area contributed by atoms with Gasteiger partial charge in [-0.15, -0.1) is 0 Å². The summed E-state index contributed by atoms with van der Waals surface area (Å²) in [6.07, 6.45) is 2.13. The lowest BCUT2D eigenvalue weighted by molar-refractivity contribution is 0.402. The number of hydrogen-bond acceptors (Lipinski definition) is 2. The standard InChI is InChI=1S/C6H9N2/c1-8-4-2-3-6(8)5-7/h6H,1-4H2/q-1/t6-/m1/s1. The van der Waals surface area contributed by atoms with Crippen LogP contribution in [0.25, 0.3) is 0 Å². The summed E-state index contributed by atoms with van der Waals surface area (Å²) in [7, 11) is 3.70. The van der Waals surface area contributed by atoms with Gasteiger partial charge in [0, 0.05) is 0 Å². The van der Waals surface area contributed by atoms with Crippen molar-refractivity contribution >= 4 is 0 Å². The molecule has 1 atom stereocenters. The van der Waals surface area contributed by atoms with Crippen molar-refractivity contribution in [3.8, 4) is 6.07 Å². The fourth-order valence-corrected chi connectivity index (χ4v) is 0.972. The Hall–Kier alpha value is -0.550. The summed E-state index contributed by atoms with van der Waals surface area (Å²) in [6.45, 7) is 0.984. The zero-order chi connectivity index (χ0) is 5.98. The third kappa shape index (κ3) is 0.823. The number of likely N-dealkylation sites (tertiary alicyclic amines) is 1. The lowest BCUT2D eigenvalue weighted by Gasteiger charge is -2.19. The minimum Gasteiger partial charge on any atom is -0.445 e. The van der Waals surface area contributed by atoms with E-state index in [1.54, 1.807) is 0 Å². The molecule has 2 nitrogen and oxygen atoms in total. The molecule has 0 spiro atoms. The van der Waals surface area contributed by atoms with Crippen molar-refractivity contribution in [1.82, 2.24) is 4.90 Å². The second-order valence-corrected chi connectivity index (χ2v) is 2.10. The highest BCUT2D eigenvalue weighted by molar-refractivity contribution is 4.95. The van der Waals surface area contributed by atoms with E-state index in [0.717, 1.165) is 19.4 Å². The van der Waals surface area contributed by atoms with Crippen LogP contribution in [0, 0.1) is 18.4 Å². The minimum absolute atomic E-state index is 0.0926. The van der Waals surface area contributed by atoms with Gasteiger partial charge in [-0.25, -0.2) is 0 Å². The maximum Gasteiger partial charge on any atom is 0.0787 e. The average Bonchev–Trinajstić information content (AvgIpc) is 2.14. The van der Waals surface area contributed by atoms with Crippen molar-refractivity contribution in [2.75, 3.05) is 6.54 Å². The van der Waals surface area contributed by atoms with Gasteiger partial charge in [-0.05, 0) is 19.4 Å². The van der Waals surface area contributed by atoms with Crippen molar-refractivity contribution in [2.24, 2.45) is 0 Å². The summed E-state index contributed by atoms with van der Waals surface area (Å²) in [5, 5.41) is 8.40. The molecule has 1 saturated heterocycles. The van der Waals surface area contributed by atoms with Gasteiger partial charge in [0.15, 0.2) is 0 Å². The molecule has 0 bridgehead atoms. The van der Waals surface area contributed by atoms with Crippen LogP contribution in [0.3, 0.4) is 0 Å². The Morgan fingerprint density at radius 2 is 2.50 bits per heavy atom. The average molecular weight is 109 g/mol. The lowest BCUT2D eigenvalue weighted by Crippen LogP contribution is -2.20. The van der Waals surface area contributed by atoms with Crippen LogP contribution in [0.1, 0.15) is 12.8 Å². The maximum absolute atomic E-state index is 8.40. The molecular weight excluding hydrogens is 100 g/mol. The van der Waals surface area contributed by atoms with Gasteiger partial charge in [-0.2, -0.15) is 5.26 Å². The molecule has 44 valence electrons. The van der Waals surface area contributed by atoms with E-state index in [-0.39, 0.29) is 6.04 Å². The van der Waals surface area contributed by atoms with Gasteiger partial charge in [0.25, 0.3) is 0 Å². The summed E-state index contributed by atoms with van der Waals surface area (Å²) in [5.41, 5.74) is 0. The zero-order valence-electron chi connectivity index (χ0n) is 4.80. The Balaban J connectivity index is 2.45. The van der Waals surface area contributed by atoms with Gasteiger partial charge in [0.2, 0.25) is 0 Å². The van der Waals surface area contributed by atoms with Crippen molar-refractivity contribution in [3.63, 3.8) is 0 Å². The molecule has 0 amide bonds. The zero-order valence-corrected chi connectivity index (χ0v) is 4.80. The van der Waals surface area contributed by atoms with Gasteiger partial charge in [-0.3, -0.25) is 7.05 Å². The minimum atomic E-state index is 0.0926. The third-order valence-corrected chi connectivity index (χ3v) is 1.51. The van der Waals surface area contributed by atoms with E-state index in [9.17, 15) is 0 Å². The second kappa shape index (κ2) is 2.15. The van der Waals surface area contributed by atoms with Crippen LogP contribution in [0.4, 0.5) is 0 Å². The van der Waals surface area contributed by atoms with Gasteiger partial charge >= 0.3 is 0 Å². The smallest absolute Gasteiger partial charge is 0.0787 e. The van der Waals surface area contributed by atoms with Gasteiger partial charge in [-0.1, -0.05) is 0 Å². The Labute approximate surface area is 49.7 Å². The van der Waals surface area contributed by atoms with E-state index in [2.05, 4.69) is 13.1 Å². The maximum atomic E-state index is 8.40. The Morgan fingerprint density at radius 1 is 1.75 bits per heavy atom. The van der Waals surface area contributed by atoms with Crippen LogP contribution in [0.5, 0.6) is 0 Å². The first-order valence-corrected chi connectivity index (χ1v) is 2.81. The number of rotatable bonds is 0. The van der Waals surface area contributed by atoms with E-state index in [1.165, 1.54) is 0 Å². The lowest BCUT2D eigenvalue weighted by atomic mass is 10.2. The monoisotopic (exact) mass is 109 g/mol. The highest BCUT2D eigenvalue weighted by Crippen LogP contribution is 2.13. The summed E-state index contributed by atoms with van der Waals surface area (Å²) in [5.74, 6) is 0. The van der Waals surface area contributed by atoms with E-state index >= 15 is 0 Å². The summed E-state index contributed by atoms with van der Waals surface area (Å²) >= 11 is 0. The predicted octanol–water partition coefficient (Wildman–Crippen LogP) is 0.766. The highest BCUT2D eigenvalue weighted by Gasteiger charge is 2.13. The fourth-order valence-electron chi connectivity index (χ4n) is 0.972. The second-order valence-electron chi connectivity index (χ2n) is 2.10. The predicted molar refractivity (Wildman–Crippen MR) is 30.7 cm³/mol. The Bertz CT molecular complexity index is 114. The normalized spacial score (nSPS) is 30.2. The van der Waals surface area contributed by atoms with Crippen molar-refractivity contribution in [2.45, 2.75) is 18.9 Å². The van der Waals surface area contributed by atoms with Crippen LogP contribution in [0.15, 0.2) is 0 Å². The Kier molecular flexibility index (Phi) is 1.50. The molecule has 0 radical (unpaired) electrons. The largest absolute Gasteiger partial charge is 0.445 e. The summed E-state index contributed by atoms with van der Waals surface area (Å²) < 4.78 is 0. The molecule has 0 aromatic carbocycles. The van der Waals surface area contributed by atoms with E-state index in [1.807, 2.05) is 4.90 Å². The quantitative estimate of drug-likeness (QED) is 0.429. The van der Waals surface area contributed by atoms with Crippen molar-refractivity contribution < 1.29 is 0 Å². The number of nitrogens with zero attached hydrogens (tertiary/aromatic N) is 2. The van der Waals surface area contributed by atoms with Crippen LogP contribution in [-0.2, 0) is 0 Å². The number of hydrogen-bond donors (Lipinski definition) is 0. The number of nitriles is 1. The molecule has 8 heavy (non-hydrogen) atoms. The Morgan fingerprint density at radius 3 is 2.75 bits per heavy atom. The van der Waals surface area contributed by atoms with E-state index < -0.39 is 0 Å². The van der Waals surface area contributed by atoms with Crippen LogP contribution < -0.4 is 0 Å². The molecule has 1 aliphatic rings. The molecule has 0 saturated carbocycles. The van der Waals surface area contributed by atoms with Gasteiger partial charge < -0.3 is 4.90 Å². The van der Waals surface area contributed by atoms with Gasteiger partial charge in [0.05, 0.1) is 12.1 Å². The van der Waals surface area contributed by atoms with Crippen LogP contribution in [0.2, 0.25) is 0 Å². The summed E-state index contributed by atoms with van der Waals surface area (Å²) in [4.78, 5) is 1.85. The van der Waals surface area contributed by atoms with Crippen molar-refractivity contribution in [3.05, 3.63) is 7.05 Å². The summed E-state index contributed by atoms with van der Waals surface area (Å²) in [6, 6.07) is 2.27. The molecule has 1 rings (SSSR count). The first-order valence-electron chi connectivity index (χ1n) is 2.81. The highest BCUT2D eigenvalue weighted by atomic mass is 15.1. The molecule has 1 fully saturated rings. The molecule has 0 aromatic rings. The molecular formula is C6H9N2-. The van der Waals surface area contributed by atoms with E-state index in [4.69, 9.17) is 5.26 Å². The van der Waals surface area contributed by atoms with Crippen molar-refractivity contribution in [1.29, 1.82) is 5.26 Å². The van der Waals surface area contributed by atoms with Gasteiger partial charge in [0.1, 0.15) is 0 Å². The molecule has 1 heterocycles.